The first-order chi connectivity index (χ1) is 22.7. The van der Waals surface area contributed by atoms with Crippen LogP contribution in [0.4, 0.5) is 20.6 Å². The van der Waals surface area contributed by atoms with Gasteiger partial charge in [0.05, 0.1) is 11.4 Å². The SMILES string of the molecule is Nc1c(Br)cc(C[C@@H](NC(=O)N2CCC(n3cc(-c4ccccc4)[nH]c3=O)CC2)C(=O)N2CCN(c3ccc(F)cc3)CC2)cc1Br. The zero-order chi connectivity index (χ0) is 33.1. The van der Waals surface area contributed by atoms with Crippen LogP contribution in [0.3, 0.4) is 0 Å². The van der Waals surface area contributed by atoms with Crippen LogP contribution in [-0.4, -0.2) is 76.6 Å². The fraction of sp³-hybridized carbons (Fsp3) is 0.324. The minimum absolute atomic E-state index is 0.0421. The first-order valence-corrected chi connectivity index (χ1v) is 17.2. The number of nitrogens with one attached hydrogen (secondary N) is 2. The van der Waals surface area contributed by atoms with Gasteiger partial charge in [-0.1, -0.05) is 30.3 Å². The van der Waals surface area contributed by atoms with Gasteiger partial charge >= 0.3 is 11.7 Å². The number of hydrogen-bond donors (Lipinski definition) is 3. The quantitative estimate of drug-likeness (QED) is 0.218. The molecule has 246 valence electrons. The number of halogens is 3. The van der Waals surface area contributed by atoms with Crippen molar-refractivity contribution < 1.29 is 14.0 Å². The Morgan fingerprint density at radius 3 is 2.19 bits per heavy atom. The van der Waals surface area contributed by atoms with E-state index in [1.165, 1.54) is 12.1 Å². The summed E-state index contributed by atoms with van der Waals surface area (Å²) in [5.74, 6) is -0.453. The largest absolute Gasteiger partial charge is 0.397 e. The third-order valence-corrected chi connectivity index (χ3v) is 10.2. The van der Waals surface area contributed by atoms with Gasteiger partial charge in [0.25, 0.3) is 0 Å². The number of aromatic amines is 1. The molecule has 0 saturated carbocycles. The molecule has 3 heterocycles. The standard InChI is InChI=1S/C34H36Br2FN7O3/c35-27-18-22(19-28(36)31(27)38)20-29(32(45)42-16-14-41(15-17-42)25-8-6-24(37)7-9-25)39-33(46)43-12-10-26(11-13-43)44-21-30(40-34(44)47)23-4-2-1-3-5-23/h1-9,18-19,21,26,29H,10-17,20,38H2,(H,39,46)(H,40,47)/t29-/m1/s1. The summed E-state index contributed by atoms with van der Waals surface area (Å²) in [6, 6.07) is 18.6. The maximum absolute atomic E-state index is 14.0. The molecule has 47 heavy (non-hydrogen) atoms. The molecule has 0 bridgehead atoms. The van der Waals surface area contributed by atoms with Gasteiger partial charge in [-0.05, 0) is 92.2 Å². The number of piperazine rings is 1. The van der Waals surface area contributed by atoms with Crippen LogP contribution in [0.25, 0.3) is 11.3 Å². The van der Waals surface area contributed by atoms with Gasteiger partial charge in [0.1, 0.15) is 11.9 Å². The Labute approximate surface area is 289 Å². The van der Waals surface area contributed by atoms with Crippen molar-refractivity contribution in [3.8, 4) is 11.3 Å². The van der Waals surface area contributed by atoms with E-state index in [1.54, 1.807) is 26.5 Å². The number of anilines is 2. The molecule has 2 aliphatic heterocycles. The monoisotopic (exact) mass is 767 g/mol. The summed E-state index contributed by atoms with van der Waals surface area (Å²) in [6.07, 6.45) is 3.35. The Morgan fingerprint density at radius 2 is 1.55 bits per heavy atom. The van der Waals surface area contributed by atoms with Crippen molar-refractivity contribution in [3.63, 3.8) is 0 Å². The smallest absolute Gasteiger partial charge is 0.326 e. The number of benzene rings is 3. The number of carbonyl (C=O) groups excluding carboxylic acids is 2. The van der Waals surface area contributed by atoms with Gasteiger partial charge in [-0.15, -0.1) is 0 Å². The number of hydrogen-bond acceptors (Lipinski definition) is 5. The van der Waals surface area contributed by atoms with Crippen molar-refractivity contribution in [2.45, 2.75) is 31.3 Å². The Morgan fingerprint density at radius 1 is 0.915 bits per heavy atom. The lowest BCUT2D eigenvalue weighted by atomic mass is 10.0. The van der Waals surface area contributed by atoms with Crippen molar-refractivity contribution in [3.05, 3.63) is 104 Å². The van der Waals surface area contributed by atoms with Gasteiger partial charge < -0.3 is 30.7 Å². The van der Waals surface area contributed by atoms with Gasteiger partial charge in [-0.2, -0.15) is 0 Å². The van der Waals surface area contributed by atoms with Crippen LogP contribution in [0.2, 0.25) is 0 Å². The number of likely N-dealkylation sites (tertiary alicyclic amines) is 1. The summed E-state index contributed by atoms with van der Waals surface area (Å²) in [5.41, 5.74) is 9.93. The molecule has 2 fully saturated rings. The fourth-order valence-corrected chi connectivity index (χ4v) is 7.56. The third-order valence-electron chi connectivity index (χ3n) is 8.93. The van der Waals surface area contributed by atoms with Crippen LogP contribution < -0.4 is 21.6 Å². The number of carbonyl (C=O) groups is 2. The maximum atomic E-state index is 14.0. The topological polar surface area (TPSA) is 120 Å². The minimum Gasteiger partial charge on any atom is -0.397 e. The van der Waals surface area contributed by atoms with E-state index in [2.05, 4.69) is 47.1 Å². The molecule has 2 saturated heterocycles. The number of H-pyrrole nitrogens is 1. The molecule has 10 nitrogen and oxygen atoms in total. The van der Waals surface area contributed by atoms with Gasteiger partial charge in [0.2, 0.25) is 5.91 Å². The summed E-state index contributed by atoms with van der Waals surface area (Å²) in [4.78, 5) is 49.0. The number of amides is 3. The van der Waals surface area contributed by atoms with E-state index in [4.69, 9.17) is 5.73 Å². The molecule has 1 aromatic heterocycles. The molecule has 4 aromatic rings. The molecule has 3 amide bonds. The van der Waals surface area contributed by atoms with Gasteiger partial charge in [-0.3, -0.25) is 9.36 Å². The summed E-state index contributed by atoms with van der Waals surface area (Å²) in [5, 5.41) is 3.03. The second-order valence-electron chi connectivity index (χ2n) is 11.9. The fourth-order valence-electron chi connectivity index (χ4n) is 6.28. The highest BCUT2D eigenvalue weighted by atomic mass is 79.9. The lowest BCUT2D eigenvalue weighted by Crippen LogP contribution is -2.57. The molecular formula is C34H36Br2FN7O3. The van der Waals surface area contributed by atoms with Crippen molar-refractivity contribution >= 4 is 55.2 Å². The third kappa shape index (κ3) is 7.57. The van der Waals surface area contributed by atoms with Crippen LogP contribution in [0.15, 0.2) is 86.7 Å². The molecule has 2 aliphatic rings. The van der Waals surface area contributed by atoms with Gasteiger partial charge in [0.15, 0.2) is 0 Å². The minimum atomic E-state index is -0.805. The number of piperidine rings is 1. The van der Waals surface area contributed by atoms with E-state index >= 15 is 0 Å². The number of nitrogen functional groups attached to an aromatic ring is 1. The summed E-state index contributed by atoms with van der Waals surface area (Å²) < 4.78 is 16.6. The van der Waals surface area contributed by atoms with Crippen molar-refractivity contribution in [1.29, 1.82) is 0 Å². The summed E-state index contributed by atoms with van der Waals surface area (Å²) in [6.45, 7) is 3.03. The molecule has 3 aromatic carbocycles. The number of imidazole rings is 1. The molecule has 0 unspecified atom stereocenters. The van der Waals surface area contributed by atoms with Crippen molar-refractivity contribution in [2.75, 3.05) is 49.9 Å². The van der Waals surface area contributed by atoms with Gasteiger partial charge in [0, 0.05) is 72.6 Å². The number of urea groups is 1. The molecule has 1 atom stereocenters. The number of aromatic nitrogens is 2. The van der Waals surface area contributed by atoms with Crippen LogP contribution >= 0.6 is 31.9 Å². The predicted molar refractivity (Wildman–Crippen MR) is 188 cm³/mol. The van der Waals surface area contributed by atoms with Crippen LogP contribution in [0.1, 0.15) is 24.4 Å². The zero-order valence-corrected chi connectivity index (χ0v) is 28.8. The average Bonchev–Trinajstić information content (AvgIpc) is 3.48. The number of nitrogens with two attached hydrogens (primary N) is 1. The highest BCUT2D eigenvalue weighted by Gasteiger charge is 2.32. The number of rotatable bonds is 7. The van der Waals surface area contributed by atoms with E-state index in [0.717, 1.165) is 22.5 Å². The molecule has 0 spiro atoms. The van der Waals surface area contributed by atoms with E-state index < -0.39 is 6.04 Å². The summed E-state index contributed by atoms with van der Waals surface area (Å²) in [7, 11) is 0. The molecule has 6 rings (SSSR count). The summed E-state index contributed by atoms with van der Waals surface area (Å²) >= 11 is 6.98. The van der Waals surface area contributed by atoms with Crippen LogP contribution in [0, 0.1) is 5.82 Å². The lowest BCUT2D eigenvalue weighted by molar-refractivity contribution is -0.133. The Balaban J connectivity index is 1.12. The van der Waals surface area contributed by atoms with E-state index in [9.17, 15) is 18.8 Å². The normalized spacial score (nSPS) is 16.3. The second-order valence-corrected chi connectivity index (χ2v) is 13.6. The van der Waals surface area contributed by atoms with Crippen LogP contribution in [0.5, 0.6) is 0 Å². The van der Waals surface area contributed by atoms with E-state index in [1.807, 2.05) is 48.7 Å². The Bertz CT molecular complexity index is 1760. The molecule has 0 aliphatic carbocycles. The molecule has 0 radical (unpaired) electrons. The molecule has 4 N–H and O–H groups in total. The van der Waals surface area contributed by atoms with Crippen LogP contribution in [-0.2, 0) is 11.2 Å². The molecular weight excluding hydrogens is 733 g/mol. The van der Waals surface area contributed by atoms with Crippen molar-refractivity contribution in [2.24, 2.45) is 0 Å². The Hall–Kier alpha value is -4.10. The highest BCUT2D eigenvalue weighted by molar-refractivity contribution is 9.11. The highest BCUT2D eigenvalue weighted by Crippen LogP contribution is 2.30. The number of nitrogens with zero attached hydrogens (tertiary/aromatic N) is 4. The predicted octanol–water partition coefficient (Wildman–Crippen LogP) is 5.40. The maximum Gasteiger partial charge on any atom is 0.326 e. The first kappa shape index (κ1) is 32.8. The van der Waals surface area contributed by atoms with Gasteiger partial charge in [-0.25, -0.2) is 14.0 Å². The second kappa shape index (κ2) is 14.3. The zero-order valence-electron chi connectivity index (χ0n) is 25.7. The van der Waals surface area contributed by atoms with Crippen molar-refractivity contribution in [1.82, 2.24) is 24.7 Å². The lowest BCUT2D eigenvalue weighted by Gasteiger charge is -2.38. The first-order valence-electron chi connectivity index (χ1n) is 15.6. The Kier molecular flexibility index (Phi) is 10.0. The average molecular weight is 770 g/mol. The van der Waals surface area contributed by atoms with E-state index in [-0.39, 0.29) is 35.9 Å². The molecule has 13 heteroatoms. The van der Waals surface area contributed by atoms with E-state index in [0.29, 0.717) is 66.7 Å².